The van der Waals surface area contributed by atoms with Crippen molar-refractivity contribution in [2.75, 3.05) is 6.61 Å². The molecule has 0 N–H and O–H groups in total. The van der Waals surface area contributed by atoms with E-state index < -0.39 is 35.5 Å². The second kappa shape index (κ2) is 7.42. The van der Waals surface area contributed by atoms with Gasteiger partial charge >= 0.3 is 17.9 Å². The molecule has 0 bridgehead atoms. The molecule has 1 rings (SSSR count). The van der Waals surface area contributed by atoms with Crippen LogP contribution in [0, 0.1) is 11.8 Å². The van der Waals surface area contributed by atoms with Crippen molar-refractivity contribution in [1.82, 2.24) is 0 Å². The molecule has 22 heavy (non-hydrogen) atoms. The van der Waals surface area contributed by atoms with Gasteiger partial charge in [-0.3, -0.25) is 4.79 Å². The Morgan fingerprint density at radius 1 is 1.55 bits per heavy atom. The summed E-state index contributed by atoms with van der Waals surface area (Å²) >= 11 is 0. The Balaban J connectivity index is 2.63. The van der Waals surface area contributed by atoms with Gasteiger partial charge in [0.2, 0.25) is 6.10 Å². The standard InChI is InChI=1S/C16H24O6/c1-6-12(17)22-16(5,7-2)8-10(3)14(18)21-13-11(4)9-20-15(13)19/h6,10-11,13H,1,7-9H2,2-5H3. The van der Waals surface area contributed by atoms with E-state index in [0.29, 0.717) is 12.8 Å². The minimum absolute atomic E-state index is 0.153. The first-order valence-corrected chi connectivity index (χ1v) is 7.45. The van der Waals surface area contributed by atoms with Gasteiger partial charge in [-0.15, -0.1) is 0 Å². The predicted molar refractivity (Wildman–Crippen MR) is 78.8 cm³/mol. The lowest BCUT2D eigenvalue weighted by molar-refractivity contribution is -0.168. The summed E-state index contributed by atoms with van der Waals surface area (Å²) in [6.45, 7) is 10.7. The van der Waals surface area contributed by atoms with E-state index in [1.807, 2.05) is 6.92 Å². The third-order valence-electron chi connectivity index (χ3n) is 3.88. The van der Waals surface area contributed by atoms with Crippen LogP contribution >= 0.6 is 0 Å². The smallest absolute Gasteiger partial charge is 0.347 e. The average molecular weight is 312 g/mol. The molecule has 6 nitrogen and oxygen atoms in total. The van der Waals surface area contributed by atoms with Crippen LogP contribution in [0.3, 0.4) is 0 Å². The van der Waals surface area contributed by atoms with Gasteiger partial charge < -0.3 is 14.2 Å². The third kappa shape index (κ3) is 4.58. The van der Waals surface area contributed by atoms with Crippen molar-refractivity contribution in [3.8, 4) is 0 Å². The Bertz CT molecular complexity index is 458. The Morgan fingerprint density at radius 3 is 2.64 bits per heavy atom. The zero-order valence-corrected chi connectivity index (χ0v) is 13.6. The summed E-state index contributed by atoms with van der Waals surface area (Å²) in [4.78, 5) is 35.0. The van der Waals surface area contributed by atoms with Crippen molar-refractivity contribution in [2.45, 2.75) is 52.2 Å². The van der Waals surface area contributed by atoms with Crippen LogP contribution in [0.1, 0.15) is 40.5 Å². The van der Waals surface area contributed by atoms with E-state index in [1.165, 1.54) is 0 Å². The third-order valence-corrected chi connectivity index (χ3v) is 3.88. The monoisotopic (exact) mass is 312 g/mol. The number of ether oxygens (including phenoxy) is 3. The number of esters is 3. The second-order valence-electron chi connectivity index (χ2n) is 6.00. The molecule has 124 valence electrons. The molecule has 4 unspecified atom stereocenters. The van der Waals surface area contributed by atoms with Gasteiger partial charge in [-0.2, -0.15) is 0 Å². The molecule has 1 heterocycles. The van der Waals surface area contributed by atoms with Crippen LogP contribution in [0.5, 0.6) is 0 Å². The summed E-state index contributed by atoms with van der Waals surface area (Å²) in [5.74, 6) is -2.20. The van der Waals surface area contributed by atoms with Crippen molar-refractivity contribution < 1.29 is 28.6 Å². The van der Waals surface area contributed by atoms with Gasteiger partial charge in [0.05, 0.1) is 12.5 Å². The van der Waals surface area contributed by atoms with Crippen molar-refractivity contribution in [2.24, 2.45) is 11.8 Å². The normalized spacial score (nSPS) is 24.8. The molecule has 0 spiro atoms. The van der Waals surface area contributed by atoms with E-state index in [4.69, 9.17) is 14.2 Å². The van der Waals surface area contributed by atoms with Crippen LogP contribution in [0.25, 0.3) is 0 Å². The maximum Gasteiger partial charge on any atom is 0.347 e. The highest BCUT2D eigenvalue weighted by Gasteiger charge is 2.39. The molecular weight excluding hydrogens is 288 g/mol. The molecule has 6 heteroatoms. The molecule has 1 saturated heterocycles. The zero-order chi connectivity index (χ0) is 16.9. The fourth-order valence-corrected chi connectivity index (χ4v) is 2.29. The molecule has 4 atom stereocenters. The van der Waals surface area contributed by atoms with E-state index >= 15 is 0 Å². The van der Waals surface area contributed by atoms with Gasteiger partial charge in [-0.25, -0.2) is 9.59 Å². The van der Waals surface area contributed by atoms with Crippen molar-refractivity contribution in [1.29, 1.82) is 0 Å². The van der Waals surface area contributed by atoms with Crippen molar-refractivity contribution in [3.63, 3.8) is 0 Å². The largest absolute Gasteiger partial charge is 0.462 e. The summed E-state index contributed by atoms with van der Waals surface area (Å²) < 4.78 is 15.4. The van der Waals surface area contributed by atoms with Crippen molar-refractivity contribution in [3.05, 3.63) is 12.7 Å². The molecule has 1 aliphatic rings. The first-order chi connectivity index (χ1) is 10.2. The average Bonchev–Trinajstić information content (AvgIpc) is 2.78. The number of hydrogen-bond donors (Lipinski definition) is 0. The Hall–Kier alpha value is -1.85. The summed E-state index contributed by atoms with van der Waals surface area (Å²) in [6.07, 6.45) is 1.09. The molecule has 0 amide bonds. The second-order valence-corrected chi connectivity index (χ2v) is 6.00. The van der Waals surface area contributed by atoms with E-state index in [9.17, 15) is 14.4 Å². The van der Waals surface area contributed by atoms with E-state index in [-0.39, 0.29) is 12.5 Å². The SMILES string of the molecule is C=CC(=O)OC(C)(CC)CC(C)C(=O)OC1C(=O)OCC1C. The Labute approximate surface area is 130 Å². The number of cyclic esters (lactones) is 1. The van der Waals surface area contributed by atoms with Gasteiger partial charge in [0.25, 0.3) is 0 Å². The fourth-order valence-electron chi connectivity index (χ4n) is 2.29. The maximum absolute atomic E-state index is 12.1. The van der Waals surface area contributed by atoms with Crippen LogP contribution in [0.2, 0.25) is 0 Å². The minimum Gasteiger partial charge on any atom is -0.462 e. The lowest BCUT2D eigenvalue weighted by Gasteiger charge is -2.30. The highest BCUT2D eigenvalue weighted by molar-refractivity contribution is 5.82. The molecular formula is C16H24O6. The van der Waals surface area contributed by atoms with Gasteiger partial charge in [0.1, 0.15) is 5.60 Å². The van der Waals surface area contributed by atoms with Gasteiger partial charge in [0.15, 0.2) is 0 Å². The topological polar surface area (TPSA) is 78.9 Å². The molecule has 0 aromatic rings. The summed E-state index contributed by atoms with van der Waals surface area (Å²) in [5, 5.41) is 0. The molecule has 1 fully saturated rings. The fraction of sp³-hybridized carbons (Fsp3) is 0.688. The van der Waals surface area contributed by atoms with Gasteiger partial charge in [-0.05, 0) is 19.8 Å². The molecule has 0 radical (unpaired) electrons. The molecule has 1 aliphatic heterocycles. The summed E-state index contributed by atoms with van der Waals surface area (Å²) in [6, 6.07) is 0. The van der Waals surface area contributed by atoms with E-state index in [0.717, 1.165) is 6.08 Å². The van der Waals surface area contributed by atoms with Gasteiger partial charge in [0, 0.05) is 12.0 Å². The van der Waals surface area contributed by atoms with Crippen LogP contribution in [-0.4, -0.2) is 36.2 Å². The number of rotatable bonds is 7. The van der Waals surface area contributed by atoms with Crippen LogP contribution in [0.15, 0.2) is 12.7 Å². The highest BCUT2D eigenvalue weighted by Crippen LogP contribution is 2.27. The number of carbonyl (C=O) groups excluding carboxylic acids is 3. The molecule has 0 saturated carbocycles. The summed E-state index contributed by atoms with van der Waals surface area (Å²) in [5.41, 5.74) is -0.786. The van der Waals surface area contributed by atoms with E-state index in [2.05, 4.69) is 6.58 Å². The first kappa shape index (κ1) is 18.2. The van der Waals surface area contributed by atoms with E-state index in [1.54, 1.807) is 20.8 Å². The van der Waals surface area contributed by atoms with Gasteiger partial charge in [-0.1, -0.05) is 27.4 Å². The Kier molecular flexibility index (Phi) is 6.14. The van der Waals surface area contributed by atoms with Crippen LogP contribution < -0.4 is 0 Å². The minimum atomic E-state index is -0.849. The summed E-state index contributed by atoms with van der Waals surface area (Å²) in [7, 11) is 0. The number of carbonyl (C=O) groups is 3. The Morgan fingerprint density at radius 2 is 2.18 bits per heavy atom. The lowest BCUT2D eigenvalue weighted by atomic mass is 9.90. The predicted octanol–water partition coefficient (Wildman–Crippen LogP) is 2.02. The molecule has 0 aromatic heterocycles. The maximum atomic E-state index is 12.1. The first-order valence-electron chi connectivity index (χ1n) is 7.45. The lowest BCUT2D eigenvalue weighted by Crippen LogP contribution is -2.36. The quantitative estimate of drug-likeness (QED) is 0.406. The van der Waals surface area contributed by atoms with Crippen molar-refractivity contribution >= 4 is 17.9 Å². The molecule has 0 aliphatic carbocycles. The van der Waals surface area contributed by atoms with Crippen LogP contribution in [-0.2, 0) is 28.6 Å². The van der Waals surface area contributed by atoms with Crippen LogP contribution in [0.4, 0.5) is 0 Å². The highest BCUT2D eigenvalue weighted by atomic mass is 16.6. The zero-order valence-electron chi connectivity index (χ0n) is 13.6. The number of hydrogen-bond acceptors (Lipinski definition) is 6. The molecule has 0 aromatic carbocycles.